The first kappa shape index (κ1) is 10.4. The number of aliphatic hydroxyl groups excluding tert-OH is 1. The molecule has 0 aromatic heterocycles. The van der Waals surface area contributed by atoms with Crippen molar-refractivity contribution in [3.8, 4) is 0 Å². The topological polar surface area (TPSA) is 66.8 Å². The lowest BCUT2D eigenvalue weighted by Gasteiger charge is -2.43. The van der Waals surface area contributed by atoms with Gasteiger partial charge < -0.3 is 14.7 Å². The molecule has 5 nitrogen and oxygen atoms in total. The van der Waals surface area contributed by atoms with Crippen LogP contribution in [-0.4, -0.2) is 47.7 Å². The third kappa shape index (κ3) is 1.71. The van der Waals surface area contributed by atoms with Gasteiger partial charge in [0.05, 0.1) is 19.8 Å². The lowest BCUT2D eigenvalue weighted by atomic mass is 9.77. The third-order valence-corrected chi connectivity index (χ3v) is 3.36. The van der Waals surface area contributed by atoms with Gasteiger partial charge >= 0.3 is 6.09 Å². The van der Waals surface area contributed by atoms with Gasteiger partial charge in [0.2, 0.25) is 0 Å². The van der Waals surface area contributed by atoms with E-state index in [0.717, 1.165) is 0 Å². The van der Waals surface area contributed by atoms with Crippen molar-refractivity contribution in [2.45, 2.75) is 31.4 Å². The van der Waals surface area contributed by atoms with Gasteiger partial charge in [0, 0.05) is 18.4 Å². The molecule has 0 radical (unpaired) electrons. The fraction of sp³-hybridized carbons (Fsp3) is 0.800. The van der Waals surface area contributed by atoms with Crippen LogP contribution in [0.3, 0.4) is 0 Å². The van der Waals surface area contributed by atoms with E-state index in [9.17, 15) is 14.7 Å². The lowest BCUT2D eigenvalue weighted by Crippen LogP contribution is -2.56. The highest BCUT2D eigenvalue weighted by Gasteiger charge is 2.43. The van der Waals surface area contributed by atoms with E-state index in [1.165, 1.54) is 12.0 Å². The highest BCUT2D eigenvalue weighted by atomic mass is 16.5. The molecule has 0 aromatic rings. The maximum Gasteiger partial charge on any atom is 0.409 e. The summed E-state index contributed by atoms with van der Waals surface area (Å²) in [4.78, 5) is 24.4. The monoisotopic (exact) mass is 213 g/mol. The molecule has 15 heavy (non-hydrogen) atoms. The lowest BCUT2D eigenvalue weighted by molar-refractivity contribution is -0.135. The number of piperidine rings is 1. The first-order valence-corrected chi connectivity index (χ1v) is 5.19. The molecule has 0 spiro atoms. The summed E-state index contributed by atoms with van der Waals surface area (Å²) in [5.74, 6) is -0.145. The predicted octanol–water partition coefficient (Wildman–Crippen LogP) is 0.167. The van der Waals surface area contributed by atoms with E-state index in [-0.39, 0.29) is 24.3 Å². The van der Waals surface area contributed by atoms with Gasteiger partial charge in [-0.1, -0.05) is 0 Å². The van der Waals surface area contributed by atoms with Gasteiger partial charge in [-0.3, -0.25) is 4.79 Å². The maximum atomic E-state index is 11.5. The van der Waals surface area contributed by atoms with Crippen molar-refractivity contribution in [1.29, 1.82) is 0 Å². The molecule has 2 fully saturated rings. The molecule has 1 amide bonds. The number of hydrogen-bond donors (Lipinski definition) is 1. The van der Waals surface area contributed by atoms with E-state index in [1.807, 2.05) is 0 Å². The van der Waals surface area contributed by atoms with Crippen molar-refractivity contribution in [2.24, 2.45) is 5.92 Å². The van der Waals surface area contributed by atoms with Gasteiger partial charge in [0.15, 0.2) is 0 Å². The minimum absolute atomic E-state index is 0.0588. The first-order chi connectivity index (χ1) is 7.13. The fourth-order valence-corrected chi connectivity index (χ4v) is 2.51. The van der Waals surface area contributed by atoms with Crippen molar-refractivity contribution in [3.05, 3.63) is 0 Å². The average molecular weight is 213 g/mol. The summed E-state index contributed by atoms with van der Waals surface area (Å²) in [6, 6.07) is 0.0588. The highest BCUT2D eigenvalue weighted by Crippen LogP contribution is 2.32. The van der Waals surface area contributed by atoms with Crippen LogP contribution in [-0.2, 0) is 9.53 Å². The molecular weight excluding hydrogens is 198 g/mol. The van der Waals surface area contributed by atoms with Gasteiger partial charge in [0.25, 0.3) is 0 Å². The molecule has 0 aromatic carbocycles. The minimum atomic E-state index is -0.729. The summed E-state index contributed by atoms with van der Waals surface area (Å²) in [6.45, 7) is 0.216. The van der Waals surface area contributed by atoms with Crippen molar-refractivity contribution in [3.63, 3.8) is 0 Å². The van der Waals surface area contributed by atoms with E-state index in [0.29, 0.717) is 19.3 Å². The Labute approximate surface area is 88.0 Å². The Kier molecular flexibility index (Phi) is 2.65. The molecule has 1 aliphatic carbocycles. The number of ether oxygens (including phenoxy) is 1. The Hall–Kier alpha value is -1.10. The second-order valence-electron chi connectivity index (χ2n) is 4.19. The number of β-amino-alcohol motifs (C(OH)–C–C–N with tert-alkyl or cyclic N) is 1. The quantitative estimate of drug-likeness (QED) is 0.622. The van der Waals surface area contributed by atoms with Crippen LogP contribution < -0.4 is 0 Å². The van der Waals surface area contributed by atoms with E-state index in [2.05, 4.69) is 4.74 Å². The molecule has 1 aliphatic heterocycles. The maximum absolute atomic E-state index is 11.5. The molecule has 1 heterocycles. The number of ketones is 1. The molecule has 1 saturated carbocycles. The number of amides is 1. The largest absolute Gasteiger partial charge is 0.453 e. The summed E-state index contributed by atoms with van der Waals surface area (Å²) in [7, 11) is 1.33. The number of Topliss-reactive ketones (excluding diaryl/α,β-unsaturated/α-hetero) is 1. The Morgan fingerprint density at radius 2 is 2.33 bits per heavy atom. The van der Waals surface area contributed by atoms with Crippen molar-refractivity contribution in [2.75, 3.05) is 13.7 Å². The molecule has 1 saturated heterocycles. The molecule has 2 bridgehead atoms. The Morgan fingerprint density at radius 3 is 3.00 bits per heavy atom. The minimum Gasteiger partial charge on any atom is -0.453 e. The number of rotatable bonds is 0. The highest BCUT2D eigenvalue weighted by molar-refractivity contribution is 5.83. The first-order valence-electron chi connectivity index (χ1n) is 5.19. The zero-order chi connectivity index (χ0) is 11.0. The summed E-state index contributed by atoms with van der Waals surface area (Å²) in [6.07, 6.45) is 0.589. The van der Waals surface area contributed by atoms with Gasteiger partial charge in [-0.05, 0) is 12.8 Å². The fourth-order valence-electron chi connectivity index (χ4n) is 2.51. The van der Waals surface area contributed by atoms with Crippen molar-refractivity contribution in [1.82, 2.24) is 4.90 Å². The van der Waals surface area contributed by atoms with Gasteiger partial charge in [-0.25, -0.2) is 4.79 Å². The van der Waals surface area contributed by atoms with Crippen LogP contribution in [0.1, 0.15) is 19.3 Å². The van der Waals surface area contributed by atoms with E-state index < -0.39 is 12.2 Å². The SMILES string of the molecule is COC(=O)N1C[C@@H](O)[C@H]2C[C@@H]1CCC2=O. The van der Waals surface area contributed by atoms with Crippen LogP contribution in [0.4, 0.5) is 4.79 Å². The predicted molar refractivity (Wildman–Crippen MR) is 51.3 cm³/mol. The smallest absolute Gasteiger partial charge is 0.409 e. The second-order valence-corrected chi connectivity index (χ2v) is 4.19. The number of carbonyl (C=O) groups is 2. The van der Waals surface area contributed by atoms with Crippen LogP contribution in [0, 0.1) is 5.92 Å². The van der Waals surface area contributed by atoms with Crippen LogP contribution in [0.25, 0.3) is 0 Å². The molecule has 0 unspecified atom stereocenters. The van der Waals surface area contributed by atoms with E-state index in [1.54, 1.807) is 0 Å². The third-order valence-electron chi connectivity index (χ3n) is 3.36. The number of likely N-dealkylation sites (tertiary alicyclic amines) is 1. The zero-order valence-electron chi connectivity index (χ0n) is 8.68. The standard InChI is InChI=1S/C10H15NO4/c1-15-10(14)11-5-9(13)7-4-6(11)2-3-8(7)12/h6-7,9,13H,2-5H2,1H3/t6-,7-,9+/m0/s1. The van der Waals surface area contributed by atoms with Crippen LogP contribution in [0.2, 0.25) is 0 Å². The van der Waals surface area contributed by atoms with E-state index in [4.69, 9.17) is 0 Å². The van der Waals surface area contributed by atoms with Crippen molar-refractivity contribution >= 4 is 11.9 Å². The average Bonchev–Trinajstić information content (AvgIpc) is 2.25. The van der Waals surface area contributed by atoms with Crippen LogP contribution in [0.5, 0.6) is 0 Å². The molecule has 2 rings (SSSR count). The number of methoxy groups -OCH3 is 1. The number of hydrogen-bond acceptors (Lipinski definition) is 4. The van der Waals surface area contributed by atoms with Crippen molar-refractivity contribution < 1.29 is 19.4 Å². The summed E-state index contributed by atoms with van der Waals surface area (Å²) < 4.78 is 4.65. The number of carbonyl (C=O) groups excluding carboxylic acids is 2. The van der Waals surface area contributed by atoms with Gasteiger partial charge in [-0.2, -0.15) is 0 Å². The normalized spacial score (nSPS) is 35.2. The summed E-state index contributed by atoms with van der Waals surface area (Å²) >= 11 is 0. The number of fused-ring (bicyclic) bond motifs is 2. The molecule has 5 heteroatoms. The Morgan fingerprint density at radius 1 is 1.60 bits per heavy atom. The Balaban J connectivity index is 2.13. The second kappa shape index (κ2) is 3.81. The Bertz CT molecular complexity index is 291. The zero-order valence-corrected chi connectivity index (χ0v) is 8.68. The number of aliphatic hydroxyl groups is 1. The summed E-state index contributed by atoms with van der Waals surface area (Å²) in [5, 5.41) is 9.74. The van der Waals surface area contributed by atoms with E-state index >= 15 is 0 Å². The molecule has 3 atom stereocenters. The molecule has 1 N–H and O–H groups in total. The van der Waals surface area contributed by atoms with Crippen LogP contribution >= 0.6 is 0 Å². The molecular formula is C10H15NO4. The molecule has 2 aliphatic rings. The van der Waals surface area contributed by atoms with Gasteiger partial charge in [-0.15, -0.1) is 0 Å². The number of nitrogens with zero attached hydrogens (tertiary/aromatic N) is 1. The summed E-state index contributed by atoms with van der Waals surface area (Å²) in [5.41, 5.74) is 0. The molecule has 84 valence electrons. The van der Waals surface area contributed by atoms with Crippen LogP contribution in [0.15, 0.2) is 0 Å². The van der Waals surface area contributed by atoms with Gasteiger partial charge in [0.1, 0.15) is 5.78 Å².